The number of aliphatic imine (C=N–C) groups is 1. The van der Waals surface area contributed by atoms with Gasteiger partial charge in [0.25, 0.3) is 0 Å². The first-order valence-electron chi connectivity index (χ1n) is 9.84. The van der Waals surface area contributed by atoms with Gasteiger partial charge in [0.05, 0.1) is 5.02 Å². The maximum atomic E-state index is 9.35. The Hall–Kier alpha value is -2.47. The molecule has 7 heteroatoms. The lowest BCUT2D eigenvalue weighted by Crippen LogP contribution is -2.44. The van der Waals surface area contributed by atoms with Crippen molar-refractivity contribution in [1.29, 1.82) is 0 Å². The van der Waals surface area contributed by atoms with Crippen LogP contribution >= 0.6 is 11.6 Å². The Balaban J connectivity index is 1.49. The third kappa shape index (κ3) is 5.76. The second-order valence-electron chi connectivity index (χ2n) is 6.92. The van der Waals surface area contributed by atoms with Crippen LogP contribution in [0.1, 0.15) is 25.3 Å². The molecule has 150 valence electrons. The van der Waals surface area contributed by atoms with Gasteiger partial charge in [-0.1, -0.05) is 23.7 Å². The average molecular weight is 402 g/mol. The number of pyridine rings is 1. The van der Waals surface area contributed by atoms with Crippen LogP contribution in [0.3, 0.4) is 0 Å². The third-order valence-electron chi connectivity index (χ3n) is 4.74. The molecule has 0 amide bonds. The Labute approximate surface area is 171 Å². The number of anilines is 1. The van der Waals surface area contributed by atoms with E-state index in [0.29, 0.717) is 16.8 Å². The Kier molecular flexibility index (Phi) is 7.37. The summed E-state index contributed by atoms with van der Waals surface area (Å²) in [7, 11) is 0. The van der Waals surface area contributed by atoms with Crippen molar-refractivity contribution in [3.05, 3.63) is 53.2 Å². The minimum Gasteiger partial charge on any atom is -0.508 e. The molecule has 1 aliphatic rings. The summed E-state index contributed by atoms with van der Waals surface area (Å²) in [6.07, 6.45) is 4.70. The summed E-state index contributed by atoms with van der Waals surface area (Å²) in [5.74, 6) is 2.01. The Morgan fingerprint density at radius 3 is 2.89 bits per heavy atom. The minimum absolute atomic E-state index is 0.304. The number of aryl methyl sites for hydroxylation is 1. The molecule has 0 saturated carbocycles. The highest BCUT2D eigenvalue weighted by Gasteiger charge is 2.25. The number of aromatic nitrogens is 1. The minimum atomic E-state index is 0.304. The molecule has 3 rings (SSSR count). The molecule has 1 atom stereocenters. The van der Waals surface area contributed by atoms with E-state index in [1.54, 1.807) is 18.3 Å². The van der Waals surface area contributed by atoms with Gasteiger partial charge < -0.3 is 20.6 Å². The number of nitrogens with one attached hydrogen (secondary N) is 2. The molecule has 0 bridgehead atoms. The van der Waals surface area contributed by atoms with Crippen LogP contribution < -0.4 is 15.5 Å². The van der Waals surface area contributed by atoms with Crippen molar-refractivity contribution >= 4 is 23.4 Å². The summed E-state index contributed by atoms with van der Waals surface area (Å²) in [4.78, 5) is 11.3. The maximum Gasteiger partial charge on any atom is 0.191 e. The molecule has 1 fully saturated rings. The van der Waals surface area contributed by atoms with Crippen LogP contribution in [0, 0.1) is 0 Å². The zero-order valence-electron chi connectivity index (χ0n) is 16.2. The molecule has 1 aromatic carbocycles. The predicted molar refractivity (Wildman–Crippen MR) is 115 cm³/mol. The summed E-state index contributed by atoms with van der Waals surface area (Å²) in [6.45, 7) is 5.43. The van der Waals surface area contributed by atoms with Crippen LogP contribution in [0.4, 0.5) is 5.82 Å². The quantitative estimate of drug-likeness (QED) is 0.377. The van der Waals surface area contributed by atoms with Crippen molar-refractivity contribution in [2.24, 2.45) is 4.99 Å². The normalized spacial score (nSPS) is 17.0. The smallest absolute Gasteiger partial charge is 0.191 e. The second kappa shape index (κ2) is 10.2. The van der Waals surface area contributed by atoms with Gasteiger partial charge in [-0.3, -0.25) is 4.99 Å². The van der Waals surface area contributed by atoms with E-state index in [4.69, 9.17) is 16.6 Å². The first kappa shape index (κ1) is 20.3. The Morgan fingerprint density at radius 1 is 1.32 bits per heavy atom. The van der Waals surface area contributed by atoms with Gasteiger partial charge in [0.2, 0.25) is 0 Å². The number of hydrogen-bond donors (Lipinski definition) is 3. The molecule has 3 N–H and O–H groups in total. The Morgan fingerprint density at radius 2 is 2.14 bits per heavy atom. The van der Waals surface area contributed by atoms with Gasteiger partial charge in [0.15, 0.2) is 5.96 Å². The molecule has 6 nitrogen and oxygen atoms in total. The topological polar surface area (TPSA) is 72.8 Å². The lowest BCUT2D eigenvalue weighted by Gasteiger charge is -2.20. The van der Waals surface area contributed by atoms with Crippen molar-refractivity contribution < 1.29 is 5.11 Å². The van der Waals surface area contributed by atoms with Crippen molar-refractivity contribution in [3.8, 4) is 5.75 Å². The number of halogens is 1. The molecule has 1 saturated heterocycles. The van der Waals surface area contributed by atoms with Gasteiger partial charge in [-0.25, -0.2) is 4.98 Å². The lowest BCUT2D eigenvalue weighted by atomic mass is 10.1. The second-order valence-corrected chi connectivity index (χ2v) is 7.32. The van der Waals surface area contributed by atoms with Crippen LogP contribution in [0.25, 0.3) is 0 Å². The highest BCUT2D eigenvalue weighted by atomic mass is 35.5. The van der Waals surface area contributed by atoms with Crippen LogP contribution in [-0.4, -0.2) is 48.3 Å². The molecule has 2 aromatic rings. The summed E-state index contributed by atoms with van der Waals surface area (Å²) in [6, 6.07) is 11.4. The number of aromatic hydroxyl groups is 1. The number of phenols is 1. The fourth-order valence-corrected chi connectivity index (χ4v) is 3.57. The number of rotatable bonds is 7. The molecular weight excluding hydrogens is 374 g/mol. The van der Waals surface area contributed by atoms with Crippen molar-refractivity contribution in [2.75, 3.05) is 31.1 Å². The first-order valence-corrected chi connectivity index (χ1v) is 10.2. The van der Waals surface area contributed by atoms with Crippen LogP contribution in [0.2, 0.25) is 5.02 Å². The van der Waals surface area contributed by atoms with E-state index in [0.717, 1.165) is 57.2 Å². The maximum absolute atomic E-state index is 9.35. The SMILES string of the molecule is CCNC(=NCCCc1ccc(O)cc1)NC1CCN(c2ncccc2Cl)C1. The molecular formula is C21H28ClN5O. The highest BCUT2D eigenvalue weighted by Crippen LogP contribution is 2.25. The van der Waals surface area contributed by atoms with Crippen molar-refractivity contribution in [1.82, 2.24) is 15.6 Å². The van der Waals surface area contributed by atoms with E-state index in [1.807, 2.05) is 24.3 Å². The molecule has 0 radical (unpaired) electrons. The number of phenolic OH excluding ortho intramolecular Hbond substituents is 1. The van der Waals surface area contributed by atoms with Gasteiger partial charge >= 0.3 is 0 Å². The zero-order valence-corrected chi connectivity index (χ0v) is 17.0. The van der Waals surface area contributed by atoms with Crippen LogP contribution in [0.15, 0.2) is 47.6 Å². The highest BCUT2D eigenvalue weighted by molar-refractivity contribution is 6.32. The molecule has 0 spiro atoms. The number of benzene rings is 1. The molecule has 1 aromatic heterocycles. The van der Waals surface area contributed by atoms with E-state index in [-0.39, 0.29) is 0 Å². The van der Waals surface area contributed by atoms with Gasteiger partial charge in [0.1, 0.15) is 11.6 Å². The van der Waals surface area contributed by atoms with E-state index >= 15 is 0 Å². The monoisotopic (exact) mass is 401 g/mol. The van der Waals surface area contributed by atoms with Gasteiger partial charge in [-0.15, -0.1) is 0 Å². The van der Waals surface area contributed by atoms with Crippen molar-refractivity contribution in [2.45, 2.75) is 32.2 Å². The number of guanidine groups is 1. The van der Waals surface area contributed by atoms with E-state index in [2.05, 4.69) is 27.4 Å². The van der Waals surface area contributed by atoms with Gasteiger partial charge in [0, 0.05) is 38.4 Å². The van der Waals surface area contributed by atoms with Gasteiger partial charge in [-0.05, 0) is 56.0 Å². The van der Waals surface area contributed by atoms with Crippen LogP contribution in [0.5, 0.6) is 5.75 Å². The summed E-state index contributed by atoms with van der Waals surface area (Å²) in [5.41, 5.74) is 1.21. The average Bonchev–Trinajstić information content (AvgIpc) is 3.15. The first-order chi connectivity index (χ1) is 13.7. The number of nitrogens with zero attached hydrogens (tertiary/aromatic N) is 3. The Bertz CT molecular complexity index is 781. The van der Waals surface area contributed by atoms with Gasteiger partial charge in [-0.2, -0.15) is 0 Å². The van der Waals surface area contributed by atoms with E-state index in [9.17, 15) is 5.11 Å². The summed E-state index contributed by atoms with van der Waals surface area (Å²) < 4.78 is 0. The predicted octanol–water partition coefficient (Wildman–Crippen LogP) is 3.21. The number of hydrogen-bond acceptors (Lipinski definition) is 4. The molecule has 0 aliphatic carbocycles. The summed E-state index contributed by atoms with van der Waals surface area (Å²) in [5, 5.41) is 16.9. The van der Waals surface area contributed by atoms with E-state index in [1.165, 1.54) is 5.56 Å². The zero-order chi connectivity index (χ0) is 19.8. The largest absolute Gasteiger partial charge is 0.508 e. The third-order valence-corrected chi connectivity index (χ3v) is 5.04. The fourth-order valence-electron chi connectivity index (χ4n) is 3.33. The molecule has 28 heavy (non-hydrogen) atoms. The molecule has 1 aliphatic heterocycles. The van der Waals surface area contributed by atoms with Crippen molar-refractivity contribution in [3.63, 3.8) is 0 Å². The molecule has 2 heterocycles. The van der Waals surface area contributed by atoms with Crippen LogP contribution in [-0.2, 0) is 6.42 Å². The lowest BCUT2D eigenvalue weighted by molar-refractivity contribution is 0.475. The summed E-state index contributed by atoms with van der Waals surface area (Å²) >= 11 is 6.28. The molecule has 1 unspecified atom stereocenters. The standard InChI is InChI=1S/C21H28ClN5O/c1-2-23-21(25-13-3-5-16-7-9-18(28)10-8-16)26-17-11-14-27(15-17)20-19(22)6-4-12-24-20/h4,6-10,12,17,28H,2-3,5,11,13-15H2,1H3,(H2,23,25,26). The van der Waals surface area contributed by atoms with E-state index < -0.39 is 0 Å². The fraction of sp³-hybridized carbons (Fsp3) is 0.429.